The molecule has 0 aliphatic heterocycles. The summed E-state index contributed by atoms with van der Waals surface area (Å²) in [5.74, 6) is 2.67. The highest BCUT2D eigenvalue weighted by molar-refractivity contribution is 7.99. The van der Waals surface area contributed by atoms with Crippen molar-refractivity contribution in [1.29, 1.82) is 0 Å². The summed E-state index contributed by atoms with van der Waals surface area (Å²) in [7, 11) is 0. The highest BCUT2D eigenvalue weighted by Gasteiger charge is 2.03. The van der Waals surface area contributed by atoms with Gasteiger partial charge in [-0.2, -0.15) is 0 Å². The number of carbonyl (C=O) groups excluding carboxylic acids is 1. The highest BCUT2D eigenvalue weighted by atomic mass is 32.2. The van der Waals surface area contributed by atoms with Gasteiger partial charge < -0.3 is 4.74 Å². The summed E-state index contributed by atoms with van der Waals surface area (Å²) in [5, 5.41) is 0. The summed E-state index contributed by atoms with van der Waals surface area (Å²) < 4.78 is 5.84. The fraction of sp³-hybridized carbons (Fsp3) is 0.464. The molecule has 0 N–H and O–H groups in total. The van der Waals surface area contributed by atoms with Crippen LogP contribution in [-0.2, 0) is 0 Å². The number of hydrogen-bond donors (Lipinski definition) is 0. The quantitative estimate of drug-likeness (QED) is 0.121. The zero-order chi connectivity index (χ0) is 22.3. The number of hydrogen-bond acceptors (Lipinski definition) is 3. The van der Waals surface area contributed by atoms with Crippen LogP contribution in [0.3, 0.4) is 0 Å². The molecule has 0 amide bonds. The highest BCUT2D eigenvalue weighted by Crippen LogP contribution is 2.21. The standard InChI is InChI=1S/C28H38O2S/c1-4-5-6-7-8-9-10-21-30-26-16-11-24(12-17-26)13-20-28(29)25-14-18-27(19-15-25)31-22-23(2)3/h11-20,23H,4-10,21-22H2,1-3H3. The van der Waals surface area contributed by atoms with Crippen LogP contribution in [0.15, 0.2) is 59.5 Å². The van der Waals surface area contributed by atoms with E-state index in [1.54, 1.807) is 6.08 Å². The zero-order valence-corrected chi connectivity index (χ0v) is 20.3. The van der Waals surface area contributed by atoms with Crippen LogP contribution in [-0.4, -0.2) is 18.1 Å². The number of unbranched alkanes of at least 4 members (excludes halogenated alkanes) is 6. The number of benzene rings is 2. The maximum absolute atomic E-state index is 12.4. The molecule has 31 heavy (non-hydrogen) atoms. The minimum Gasteiger partial charge on any atom is -0.494 e. The molecular formula is C28H38O2S. The Morgan fingerprint density at radius 1 is 0.903 bits per heavy atom. The minimum absolute atomic E-state index is 0.0275. The van der Waals surface area contributed by atoms with Crippen molar-refractivity contribution >= 4 is 23.6 Å². The topological polar surface area (TPSA) is 26.3 Å². The van der Waals surface area contributed by atoms with Crippen LogP contribution in [0.1, 0.15) is 81.6 Å². The van der Waals surface area contributed by atoms with Crippen molar-refractivity contribution in [3.63, 3.8) is 0 Å². The van der Waals surface area contributed by atoms with Crippen molar-refractivity contribution < 1.29 is 9.53 Å². The van der Waals surface area contributed by atoms with Crippen molar-refractivity contribution in [2.45, 2.75) is 70.6 Å². The van der Waals surface area contributed by atoms with E-state index in [1.165, 1.54) is 43.4 Å². The van der Waals surface area contributed by atoms with Gasteiger partial charge in [0.25, 0.3) is 0 Å². The summed E-state index contributed by atoms with van der Waals surface area (Å²) in [4.78, 5) is 13.6. The Hall–Kier alpha value is -2.00. The average Bonchev–Trinajstić information content (AvgIpc) is 2.79. The first-order chi connectivity index (χ1) is 15.1. The van der Waals surface area contributed by atoms with Gasteiger partial charge in [-0.1, -0.05) is 77.5 Å². The fourth-order valence-corrected chi connectivity index (χ4v) is 4.03. The van der Waals surface area contributed by atoms with Crippen molar-refractivity contribution in [3.8, 4) is 5.75 Å². The summed E-state index contributed by atoms with van der Waals surface area (Å²) in [5.41, 5.74) is 1.72. The molecule has 168 valence electrons. The second-order valence-corrected chi connectivity index (χ2v) is 9.56. The summed E-state index contributed by atoms with van der Waals surface area (Å²) in [6.07, 6.45) is 12.5. The molecular weight excluding hydrogens is 400 g/mol. The Bertz CT molecular complexity index is 776. The first-order valence-electron chi connectivity index (χ1n) is 11.8. The Balaban J connectivity index is 1.72. The summed E-state index contributed by atoms with van der Waals surface area (Å²) in [6, 6.07) is 15.8. The monoisotopic (exact) mass is 438 g/mol. The van der Waals surface area contributed by atoms with Gasteiger partial charge in [-0.3, -0.25) is 4.79 Å². The van der Waals surface area contributed by atoms with Crippen LogP contribution >= 0.6 is 11.8 Å². The van der Waals surface area contributed by atoms with Gasteiger partial charge in [-0.25, -0.2) is 0 Å². The predicted molar refractivity (Wildman–Crippen MR) is 135 cm³/mol. The Kier molecular flexibility index (Phi) is 12.2. The molecule has 2 aromatic rings. The largest absolute Gasteiger partial charge is 0.494 e. The van der Waals surface area contributed by atoms with Gasteiger partial charge in [-0.15, -0.1) is 11.8 Å². The Morgan fingerprint density at radius 2 is 1.55 bits per heavy atom. The Labute approximate surface area is 193 Å². The van der Waals surface area contributed by atoms with Crippen molar-refractivity contribution in [1.82, 2.24) is 0 Å². The molecule has 0 aromatic heterocycles. The smallest absolute Gasteiger partial charge is 0.185 e. The number of rotatable bonds is 15. The SMILES string of the molecule is CCCCCCCCCOc1ccc(C=CC(=O)c2ccc(SCC(C)C)cc2)cc1. The average molecular weight is 439 g/mol. The maximum atomic E-state index is 12.4. The van der Waals surface area contributed by atoms with E-state index in [0.29, 0.717) is 5.92 Å². The number of ether oxygens (including phenoxy) is 1. The van der Waals surface area contributed by atoms with Crippen molar-refractivity contribution in [3.05, 3.63) is 65.7 Å². The number of thioether (sulfide) groups is 1. The van der Waals surface area contributed by atoms with Crippen LogP contribution in [0.5, 0.6) is 5.75 Å². The summed E-state index contributed by atoms with van der Waals surface area (Å²) in [6.45, 7) is 7.45. The lowest BCUT2D eigenvalue weighted by atomic mass is 10.1. The third-order valence-corrected chi connectivity index (χ3v) is 6.48. The van der Waals surface area contributed by atoms with Gasteiger partial charge in [0.1, 0.15) is 5.75 Å². The molecule has 2 aromatic carbocycles. The molecule has 0 unspecified atom stereocenters. The van der Waals surface area contributed by atoms with Gasteiger partial charge >= 0.3 is 0 Å². The number of ketones is 1. The third kappa shape index (κ3) is 10.7. The molecule has 2 nitrogen and oxygen atoms in total. The van der Waals surface area contributed by atoms with Gasteiger partial charge in [0.2, 0.25) is 0 Å². The predicted octanol–water partition coefficient (Wildman–Crippen LogP) is 8.46. The molecule has 0 bridgehead atoms. The number of carbonyl (C=O) groups is 1. The second kappa shape index (κ2) is 14.9. The molecule has 0 spiro atoms. The van der Waals surface area contributed by atoms with Crippen LogP contribution in [0.4, 0.5) is 0 Å². The molecule has 0 aliphatic rings. The summed E-state index contributed by atoms with van der Waals surface area (Å²) >= 11 is 1.83. The van der Waals surface area contributed by atoms with Crippen molar-refractivity contribution in [2.75, 3.05) is 12.4 Å². The maximum Gasteiger partial charge on any atom is 0.185 e. The lowest BCUT2D eigenvalue weighted by molar-refractivity contribution is 0.104. The van der Waals surface area contributed by atoms with Gasteiger partial charge in [0.15, 0.2) is 5.78 Å². The molecule has 0 aliphatic carbocycles. The van der Waals surface area contributed by atoms with E-state index >= 15 is 0 Å². The van der Waals surface area contributed by atoms with Crippen LogP contribution in [0, 0.1) is 5.92 Å². The van der Waals surface area contributed by atoms with E-state index in [0.717, 1.165) is 35.7 Å². The molecule has 3 heteroatoms. The van der Waals surface area contributed by atoms with Crippen LogP contribution < -0.4 is 4.74 Å². The second-order valence-electron chi connectivity index (χ2n) is 8.47. The molecule has 0 fully saturated rings. The molecule has 0 radical (unpaired) electrons. The minimum atomic E-state index is 0.0275. The van der Waals surface area contributed by atoms with E-state index in [9.17, 15) is 4.79 Å². The molecule has 0 atom stereocenters. The van der Waals surface area contributed by atoms with E-state index in [1.807, 2.05) is 66.4 Å². The zero-order valence-electron chi connectivity index (χ0n) is 19.4. The van der Waals surface area contributed by atoms with Crippen LogP contribution in [0.25, 0.3) is 6.08 Å². The molecule has 2 rings (SSSR count). The van der Waals surface area contributed by atoms with Gasteiger partial charge in [0.05, 0.1) is 6.61 Å². The lowest BCUT2D eigenvalue weighted by Gasteiger charge is -2.06. The normalized spacial score (nSPS) is 11.4. The van der Waals surface area contributed by atoms with Crippen molar-refractivity contribution in [2.24, 2.45) is 5.92 Å². The van der Waals surface area contributed by atoms with E-state index in [4.69, 9.17) is 4.74 Å². The van der Waals surface area contributed by atoms with Gasteiger partial charge in [0, 0.05) is 16.2 Å². The third-order valence-electron chi connectivity index (χ3n) is 5.05. The van der Waals surface area contributed by atoms with E-state index in [-0.39, 0.29) is 5.78 Å². The van der Waals surface area contributed by atoms with Gasteiger partial charge in [-0.05, 0) is 60.4 Å². The first-order valence-corrected chi connectivity index (χ1v) is 12.7. The van der Waals surface area contributed by atoms with Crippen LogP contribution in [0.2, 0.25) is 0 Å². The lowest BCUT2D eigenvalue weighted by Crippen LogP contribution is -1.97. The molecule has 0 heterocycles. The van der Waals surface area contributed by atoms with E-state index in [2.05, 4.69) is 20.8 Å². The first kappa shape index (κ1) is 25.3. The number of allylic oxidation sites excluding steroid dienone is 1. The Morgan fingerprint density at radius 3 is 2.19 bits per heavy atom. The molecule has 0 saturated heterocycles. The molecule has 0 saturated carbocycles. The fourth-order valence-electron chi connectivity index (χ4n) is 3.17. The van der Waals surface area contributed by atoms with E-state index < -0.39 is 0 Å².